The molecule has 7 nitrogen and oxygen atoms in total. The van der Waals surface area contributed by atoms with Crippen molar-refractivity contribution >= 4 is 27.6 Å². The minimum absolute atomic E-state index is 0.0916. The number of likely N-dealkylation sites (tertiary alicyclic amines) is 1. The lowest BCUT2D eigenvalue weighted by Crippen LogP contribution is -2.55. The highest BCUT2D eigenvalue weighted by molar-refractivity contribution is 6.04. The van der Waals surface area contributed by atoms with E-state index in [1.165, 1.54) is 0 Å². The van der Waals surface area contributed by atoms with Gasteiger partial charge in [-0.25, -0.2) is 4.79 Å². The molecule has 0 spiro atoms. The van der Waals surface area contributed by atoms with Gasteiger partial charge in [0.25, 0.3) is 5.91 Å². The van der Waals surface area contributed by atoms with Crippen LogP contribution in [-0.2, 0) is 4.79 Å². The van der Waals surface area contributed by atoms with E-state index in [1.54, 1.807) is 36.3 Å². The quantitative estimate of drug-likeness (QED) is 0.497. The van der Waals surface area contributed by atoms with Gasteiger partial charge in [-0.15, -0.1) is 0 Å². The summed E-state index contributed by atoms with van der Waals surface area (Å²) in [6.45, 7) is 1.05. The summed E-state index contributed by atoms with van der Waals surface area (Å²) in [4.78, 5) is 27.0. The van der Waals surface area contributed by atoms with Crippen molar-refractivity contribution in [2.45, 2.75) is 37.7 Å². The third-order valence-electron chi connectivity index (χ3n) is 7.04. The van der Waals surface area contributed by atoms with Crippen LogP contribution in [0.15, 0.2) is 45.6 Å². The van der Waals surface area contributed by atoms with Crippen molar-refractivity contribution in [3.63, 3.8) is 0 Å². The number of carbonyl (C=O) groups excluding carboxylic acids is 1. The first-order valence-corrected chi connectivity index (χ1v) is 11.1. The van der Waals surface area contributed by atoms with Crippen LogP contribution in [-0.4, -0.2) is 48.3 Å². The van der Waals surface area contributed by atoms with Gasteiger partial charge in [0, 0.05) is 35.8 Å². The van der Waals surface area contributed by atoms with Gasteiger partial charge in [-0.05, 0) is 49.6 Å². The van der Waals surface area contributed by atoms with Gasteiger partial charge in [-0.3, -0.25) is 4.79 Å². The fourth-order valence-electron chi connectivity index (χ4n) is 5.14. The van der Waals surface area contributed by atoms with Gasteiger partial charge < -0.3 is 23.9 Å². The Balaban J connectivity index is 1.31. The molecule has 1 aliphatic carbocycles. The SMILES string of the molecule is COc1ccc2c(c1)c(=O)oc1cc(OCC(=O)N3CC[C@@]4(O)CCCC[C@@H]4C3)ccc12. The molecule has 32 heavy (non-hydrogen) atoms. The first kappa shape index (κ1) is 20.8. The van der Waals surface area contributed by atoms with Gasteiger partial charge >= 0.3 is 5.63 Å². The van der Waals surface area contributed by atoms with Gasteiger partial charge in [0.05, 0.1) is 18.1 Å². The smallest absolute Gasteiger partial charge is 0.344 e. The maximum atomic E-state index is 12.7. The molecule has 1 amide bonds. The Labute approximate surface area is 185 Å². The van der Waals surface area contributed by atoms with Crippen LogP contribution in [0.3, 0.4) is 0 Å². The molecule has 1 saturated carbocycles. The number of fused-ring (bicyclic) bond motifs is 4. The largest absolute Gasteiger partial charge is 0.497 e. The van der Waals surface area contributed by atoms with Crippen LogP contribution in [0.4, 0.5) is 0 Å². The molecule has 2 fully saturated rings. The minimum Gasteiger partial charge on any atom is -0.497 e. The summed E-state index contributed by atoms with van der Waals surface area (Å²) in [7, 11) is 1.55. The molecule has 2 aromatic carbocycles. The average Bonchev–Trinajstić information content (AvgIpc) is 2.81. The average molecular weight is 437 g/mol. The Morgan fingerprint density at radius 1 is 1.12 bits per heavy atom. The number of amides is 1. The second kappa shape index (κ2) is 8.13. The van der Waals surface area contributed by atoms with Crippen molar-refractivity contribution in [1.82, 2.24) is 4.90 Å². The number of benzene rings is 2. The third kappa shape index (κ3) is 3.71. The Hall–Kier alpha value is -3.06. The molecular formula is C25H27NO6. The van der Waals surface area contributed by atoms with E-state index < -0.39 is 11.2 Å². The molecule has 7 heteroatoms. The predicted molar refractivity (Wildman–Crippen MR) is 120 cm³/mol. The molecule has 2 atom stereocenters. The van der Waals surface area contributed by atoms with Gasteiger partial charge in [-0.2, -0.15) is 0 Å². The zero-order valence-electron chi connectivity index (χ0n) is 18.1. The van der Waals surface area contributed by atoms with E-state index in [0.717, 1.165) is 36.5 Å². The van der Waals surface area contributed by atoms with Crippen LogP contribution in [0.25, 0.3) is 21.7 Å². The van der Waals surface area contributed by atoms with Gasteiger partial charge in [0.1, 0.15) is 17.1 Å². The molecule has 1 aromatic heterocycles. The standard InChI is InChI=1S/C25H27NO6/c1-30-17-5-7-19-20-8-6-18(13-22(20)32-24(28)21(19)12-17)31-15-23(27)26-11-10-25(29)9-3-2-4-16(25)14-26/h5-8,12-13,16,29H,2-4,9-11,14-15H2,1H3/t16-,25+/m1/s1. The number of aliphatic hydroxyl groups is 1. The molecule has 0 radical (unpaired) electrons. The Morgan fingerprint density at radius 2 is 1.94 bits per heavy atom. The number of rotatable bonds is 4. The summed E-state index contributed by atoms with van der Waals surface area (Å²) >= 11 is 0. The van der Waals surface area contributed by atoms with Crippen LogP contribution in [0.2, 0.25) is 0 Å². The van der Waals surface area contributed by atoms with Gasteiger partial charge in [-0.1, -0.05) is 12.8 Å². The Bertz CT molecular complexity index is 1230. The number of piperidine rings is 1. The second-order valence-electron chi connectivity index (χ2n) is 8.88. The van der Waals surface area contributed by atoms with Crippen molar-refractivity contribution in [3.8, 4) is 11.5 Å². The summed E-state index contributed by atoms with van der Waals surface area (Å²) in [6, 6.07) is 10.5. The maximum absolute atomic E-state index is 12.7. The first-order valence-electron chi connectivity index (χ1n) is 11.1. The number of carbonyl (C=O) groups is 1. The summed E-state index contributed by atoms with van der Waals surface area (Å²) in [5.74, 6) is 1.11. The summed E-state index contributed by atoms with van der Waals surface area (Å²) < 4.78 is 16.4. The summed E-state index contributed by atoms with van der Waals surface area (Å²) in [6.07, 6.45) is 4.59. The fraction of sp³-hybridized carbons (Fsp3) is 0.440. The van der Waals surface area contributed by atoms with Crippen LogP contribution in [0.5, 0.6) is 11.5 Å². The number of ether oxygens (including phenoxy) is 2. The summed E-state index contributed by atoms with van der Waals surface area (Å²) in [5.41, 5.74) is -0.658. The lowest BCUT2D eigenvalue weighted by atomic mass is 9.71. The normalized spacial score (nSPS) is 23.2. The van der Waals surface area contributed by atoms with E-state index in [9.17, 15) is 14.7 Å². The third-order valence-corrected chi connectivity index (χ3v) is 7.04. The maximum Gasteiger partial charge on any atom is 0.344 e. The second-order valence-corrected chi connectivity index (χ2v) is 8.88. The molecular weight excluding hydrogens is 410 g/mol. The van der Waals surface area contributed by atoms with Crippen molar-refractivity contribution in [2.75, 3.05) is 26.8 Å². The molecule has 0 unspecified atom stereocenters. The van der Waals surface area contributed by atoms with Crippen molar-refractivity contribution in [3.05, 3.63) is 46.8 Å². The molecule has 5 rings (SSSR count). The molecule has 2 aliphatic rings. The van der Waals surface area contributed by atoms with Crippen LogP contribution < -0.4 is 15.1 Å². The fourth-order valence-corrected chi connectivity index (χ4v) is 5.14. The topological polar surface area (TPSA) is 89.2 Å². The number of hydrogen-bond acceptors (Lipinski definition) is 6. The zero-order valence-corrected chi connectivity index (χ0v) is 18.1. The highest BCUT2D eigenvalue weighted by Gasteiger charge is 2.43. The number of methoxy groups -OCH3 is 1. The van der Waals surface area contributed by atoms with E-state index in [1.807, 2.05) is 12.1 Å². The summed E-state index contributed by atoms with van der Waals surface area (Å²) in [5, 5.41) is 12.8. The molecule has 1 aliphatic heterocycles. The van der Waals surface area contributed by atoms with E-state index in [0.29, 0.717) is 42.0 Å². The van der Waals surface area contributed by atoms with Crippen LogP contribution in [0.1, 0.15) is 32.1 Å². The lowest BCUT2D eigenvalue weighted by Gasteiger charge is -2.47. The van der Waals surface area contributed by atoms with Crippen molar-refractivity contribution < 1.29 is 23.8 Å². The van der Waals surface area contributed by atoms with E-state index in [-0.39, 0.29) is 18.4 Å². The lowest BCUT2D eigenvalue weighted by molar-refractivity contribution is -0.145. The van der Waals surface area contributed by atoms with Crippen molar-refractivity contribution in [1.29, 1.82) is 0 Å². The highest BCUT2D eigenvalue weighted by atomic mass is 16.5. The molecule has 168 valence electrons. The monoisotopic (exact) mass is 437 g/mol. The zero-order chi connectivity index (χ0) is 22.3. The molecule has 2 heterocycles. The molecule has 1 saturated heterocycles. The first-order chi connectivity index (χ1) is 15.5. The van der Waals surface area contributed by atoms with Crippen molar-refractivity contribution in [2.24, 2.45) is 5.92 Å². The van der Waals surface area contributed by atoms with Crippen LogP contribution in [0, 0.1) is 5.92 Å². The Morgan fingerprint density at radius 3 is 2.78 bits per heavy atom. The number of hydrogen-bond donors (Lipinski definition) is 1. The van der Waals surface area contributed by atoms with Crippen LogP contribution >= 0.6 is 0 Å². The molecule has 3 aromatic rings. The van der Waals surface area contributed by atoms with E-state index in [2.05, 4.69) is 0 Å². The predicted octanol–water partition coefficient (Wildman–Crippen LogP) is 3.49. The van der Waals surface area contributed by atoms with Gasteiger partial charge in [0.15, 0.2) is 6.61 Å². The molecule has 1 N–H and O–H groups in total. The minimum atomic E-state index is -0.613. The Kier molecular flexibility index (Phi) is 5.29. The van der Waals surface area contributed by atoms with E-state index in [4.69, 9.17) is 13.9 Å². The van der Waals surface area contributed by atoms with E-state index >= 15 is 0 Å². The number of nitrogens with zero attached hydrogens (tertiary/aromatic N) is 1. The van der Waals surface area contributed by atoms with Gasteiger partial charge in [0.2, 0.25) is 0 Å². The molecule has 0 bridgehead atoms. The highest BCUT2D eigenvalue weighted by Crippen LogP contribution is 2.39.